The van der Waals surface area contributed by atoms with Crippen LogP contribution in [0.2, 0.25) is 5.02 Å². The van der Waals surface area contributed by atoms with Crippen LogP contribution in [-0.4, -0.2) is 16.8 Å². The van der Waals surface area contributed by atoms with Crippen molar-refractivity contribution in [1.82, 2.24) is 10.2 Å². The number of halogens is 1. The number of hydrogen-bond donors (Lipinski definition) is 2. The summed E-state index contributed by atoms with van der Waals surface area (Å²) in [4.78, 5) is 3.82. The molecule has 2 aromatic carbocycles. The molecule has 3 aromatic rings. The van der Waals surface area contributed by atoms with Crippen LogP contribution >= 0.6 is 11.6 Å². The number of ether oxygens (including phenoxy) is 1. The zero-order valence-corrected chi connectivity index (χ0v) is 15.2. The number of fused-ring (bicyclic) bond motifs is 1. The number of aromatic nitrogens is 2. The van der Waals surface area contributed by atoms with Crippen LogP contribution in [0, 0.1) is 6.57 Å². The molecule has 0 spiro atoms. The highest BCUT2D eigenvalue weighted by Gasteiger charge is 2.32. The number of hydrogen-bond acceptors (Lipinski definition) is 3. The fourth-order valence-electron chi connectivity index (χ4n) is 3.26. The van der Waals surface area contributed by atoms with Crippen LogP contribution < -0.4 is 5.32 Å². The lowest BCUT2D eigenvalue weighted by Crippen LogP contribution is -2.20. The number of aromatic amines is 1. The molecule has 0 fully saturated rings. The van der Waals surface area contributed by atoms with Crippen molar-refractivity contribution in [3.63, 3.8) is 0 Å². The molecule has 4 rings (SSSR count). The van der Waals surface area contributed by atoms with E-state index < -0.39 is 0 Å². The third-order valence-electron chi connectivity index (χ3n) is 4.53. The van der Waals surface area contributed by atoms with E-state index in [0.29, 0.717) is 23.9 Å². The summed E-state index contributed by atoms with van der Waals surface area (Å²) in [7, 11) is 0. The van der Waals surface area contributed by atoms with Gasteiger partial charge in [0.2, 0.25) is 0 Å². The summed E-state index contributed by atoms with van der Waals surface area (Å²) in [5.74, 6) is 0.493. The maximum Gasteiger partial charge on any atom is 0.198 e. The van der Waals surface area contributed by atoms with Gasteiger partial charge in [0.1, 0.15) is 5.82 Å². The van der Waals surface area contributed by atoms with E-state index in [2.05, 4.69) is 20.4 Å². The van der Waals surface area contributed by atoms with Gasteiger partial charge in [0.15, 0.2) is 5.70 Å². The molecule has 1 atom stereocenters. The molecule has 5 nitrogen and oxygen atoms in total. The number of nitrogens with one attached hydrogen (secondary N) is 2. The normalized spacial score (nSPS) is 15.8. The van der Waals surface area contributed by atoms with E-state index >= 15 is 0 Å². The summed E-state index contributed by atoms with van der Waals surface area (Å²) >= 11 is 6.44. The summed E-state index contributed by atoms with van der Waals surface area (Å²) in [6.45, 7) is 8.54. The first-order valence-electron chi connectivity index (χ1n) is 8.55. The highest BCUT2D eigenvalue weighted by atomic mass is 35.5. The molecule has 2 heterocycles. The molecule has 134 valence electrons. The van der Waals surface area contributed by atoms with Gasteiger partial charge in [-0.1, -0.05) is 60.1 Å². The summed E-state index contributed by atoms with van der Waals surface area (Å²) < 4.78 is 5.87. The second-order valence-electron chi connectivity index (χ2n) is 6.23. The molecule has 1 aliphatic heterocycles. The molecule has 0 aliphatic carbocycles. The Bertz CT molecular complexity index is 1020. The summed E-state index contributed by atoms with van der Waals surface area (Å²) in [6.07, 6.45) is 1.74. The Balaban J connectivity index is 1.65. The Morgan fingerprint density at radius 3 is 2.59 bits per heavy atom. The number of rotatable bonds is 5. The van der Waals surface area contributed by atoms with Crippen molar-refractivity contribution in [1.29, 1.82) is 0 Å². The smallest absolute Gasteiger partial charge is 0.198 e. The fourth-order valence-corrected chi connectivity index (χ4v) is 3.51. The highest BCUT2D eigenvalue weighted by Crippen LogP contribution is 2.43. The third-order valence-corrected chi connectivity index (χ3v) is 4.88. The van der Waals surface area contributed by atoms with Crippen LogP contribution in [0.1, 0.15) is 22.6 Å². The van der Waals surface area contributed by atoms with Crippen molar-refractivity contribution in [2.45, 2.75) is 12.5 Å². The van der Waals surface area contributed by atoms with Crippen LogP contribution in [0.5, 0.6) is 0 Å². The van der Waals surface area contributed by atoms with Crippen molar-refractivity contribution in [2.75, 3.05) is 11.9 Å². The van der Waals surface area contributed by atoms with E-state index in [9.17, 15) is 0 Å². The molecular weight excluding hydrogens is 360 g/mol. The van der Waals surface area contributed by atoms with E-state index in [1.165, 1.54) is 0 Å². The Kier molecular flexibility index (Phi) is 4.93. The minimum Gasteiger partial charge on any atom is -0.372 e. The molecule has 1 aromatic heterocycles. The molecule has 0 radical (unpaired) electrons. The standard InChI is InChI=1S/C21H17ClN4O/c1-23-20-18(13-27-12-14-7-3-2-4-8-14)25-21-16(11-24-26-21)19(20)15-9-5-6-10-17(15)22/h2-11,19H,12-13H2,(H2,24,25,26). The first-order valence-corrected chi connectivity index (χ1v) is 8.92. The van der Waals surface area contributed by atoms with Crippen LogP contribution in [0.25, 0.3) is 4.85 Å². The SMILES string of the molecule is [C-]#[N+]C1=C(COCc2ccccc2)Nc2[nH]ncc2C1c1ccccc1Cl. The highest BCUT2D eigenvalue weighted by molar-refractivity contribution is 6.31. The van der Waals surface area contributed by atoms with Gasteiger partial charge in [0.05, 0.1) is 31.9 Å². The largest absolute Gasteiger partial charge is 0.372 e. The van der Waals surface area contributed by atoms with Crippen LogP contribution in [0.4, 0.5) is 5.82 Å². The Morgan fingerprint density at radius 1 is 1.04 bits per heavy atom. The lowest BCUT2D eigenvalue weighted by Gasteiger charge is -2.26. The lowest BCUT2D eigenvalue weighted by atomic mass is 9.87. The predicted molar refractivity (Wildman–Crippen MR) is 105 cm³/mol. The van der Waals surface area contributed by atoms with Gasteiger partial charge in [-0.05, 0) is 17.2 Å². The van der Waals surface area contributed by atoms with E-state index in [1.54, 1.807) is 6.20 Å². The molecule has 2 N–H and O–H groups in total. The Hall–Kier alpha value is -3.07. The number of allylic oxidation sites excluding steroid dienone is 1. The number of H-pyrrole nitrogens is 1. The zero-order chi connectivity index (χ0) is 18.6. The average Bonchev–Trinajstić information content (AvgIpc) is 3.16. The summed E-state index contributed by atoms with van der Waals surface area (Å²) in [6, 6.07) is 17.5. The summed E-state index contributed by atoms with van der Waals surface area (Å²) in [5, 5.41) is 11.0. The van der Waals surface area contributed by atoms with Crippen LogP contribution in [0.3, 0.4) is 0 Å². The zero-order valence-electron chi connectivity index (χ0n) is 14.4. The molecule has 1 aliphatic rings. The molecule has 27 heavy (non-hydrogen) atoms. The van der Waals surface area contributed by atoms with Gasteiger partial charge >= 0.3 is 0 Å². The third kappa shape index (κ3) is 3.45. The van der Waals surface area contributed by atoms with Gasteiger partial charge in [0, 0.05) is 16.3 Å². The Morgan fingerprint density at radius 2 is 1.81 bits per heavy atom. The minimum absolute atomic E-state index is 0.276. The van der Waals surface area contributed by atoms with Gasteiger partial charge in [-0.2, -0.15) is 5.10 Å². The van der Waals surface area contributed by atoms with Crippen molar-refractivity contribution < 1.29 is 4.74 Å². The molecular formula is C21H17ClN4O. The minimum atomic E-state index is -0.276. The monoisotopic (exact) mass is 376 g/mol. The van der Waals surface area contributed by atoms with Crippen LogP contribution in [0.15, 0.2) is 72.2 Å². The van der Waals surface area contributed by atoms with Gasteiger partial charge in [0.25, 0.3) is 0 Å². The lowest BCUT2D eigenvalue weighted by molar-refractivity contribution is 0.142. The first kappa shape index (κ1) is 17.3. The van der Waals surface area contributed by atoms with E-state index in [4.69, 9.17) is 22.9 Å². The quantitative estimate of drug-likeness (QED) is 0.618. The first-order chi connectivity index (χ1) is 13.3. The average molecular weight is 377 g/mol. The van der Waals surface area contributed by atoms with E-state index in [-0.39, 0.29) is 5.92 Å². The maximum atomic E-state index is 7.77. The van der Waals surface area contributed by atoms with E-state index in [0.717, 1.165) is 28.2 Å². The molecule has 6 heteroatoms. The molecule has 0 bridgehead atoms. The molecule has 1 unspecified atom stereocenters. The molecule has 0 saturated heterocycles. The van der Waals surface area contributed by atoms with Crippen molar-refractivity contribution in [3.8, 4) is 0 Å². The number of anilines is 1. The summed E-state index contributed by atoms with van der Waals surface area (Å²) in [5.41, 5.74) is 4.17. The van der Waals surface area contributed by atoms with Gasteiger partial charge < -0.3 is 10.1 Å². The maximum absolute atomic E-state index is 7.77. The topological polar surface area (TPSA) is 54.3 Å². The molecule has 0 amide bonds. The van der Waals surface area contributed by atoms with Crippen molar-refractivity contribution in [3.05, 3.63) is 105 Å². The van der Waals surface area contributed by atoms with Gasteiger partial charge in [-0.3, -0.25) is 5.10 Å². The van der Waals surface area contributed by atoms with Crippen molar-refractivity contribution >= 4 is 17.4 Å². The van der Waals surface area contributed by atoms with E-state index in [1.807, 2.05) is 54.6 Å². The fraction of sp³-hybridized carbons (Fsp3) is 0.143. The van der Waals surface area contributed by atoms with Gasteiger partial charge in [-0.25, -0.2) is 4.85 Å². The second kappa shape index (κ2) is 7.67. The number of benzene rings is 2. The van der Waals surface area contributed by atoms with Crippen molar-refractivity contribution in [2.24, 2.45) is 0 Å². The van der Waals surface area contributed by atoms with Crippen LogP contribution in [-0.2, 0) is 11.3 Å². The van der Waals surface area contributed by atoms with Gasteiger partial charge in [-0.15, -0.1) is 0 Å². The second-order valence-corrected chi connectivity index (χ2v) is 6.64. The number of nitrogens with zero attached hydrogens (tertiary/aromatic N) is 2. The Labute approximate surface area is 162 Å². The predicted octanol–water partition coefficient (Wildman–Crippen LogP) is 4.97. The molecule has 0 saturated carbocycles.